The summed E-state index contributed by atoms with van der Waals surface area (Å²) < 4.78 is 5.60. The van der Waals surface area contributed by atoms with Gasteiger partial charge in [-0.15, -0.1) is 0 Å². The van der Waals surface area contributed by atoms with Gasteiger partial charge in [0.15, 0.2) is 0 Å². The average molecular weight is 276 g/mol. The highest BCUT2D eigenvalue weighted by molar-refractivity contribution is 5.77. The van der Waals surface area contributed by atoms with Crippen molar-refractivity contribution in [1.82, 2.24) is 9.80 Å². The third-order valence-corrected chi connectivity index (χ3v) is 4.03. The largest absolute Gasteiger partial charge is 0.380 e. The molecule has 1 aromatic rings. The molecule has 0 aliphatic carbocycles. The molecule has 1 aromatic carbocycles. The molecule has 1 aliphatic heterocycles. The van der Waals surface area contributed by atoms with E-state index in [0.717, 1.165) is 19.4 Å². The molecule has 4 nitrogen and oxygen atoms in total. The number of carbonyl (C=O) groups is 1. The van der Waals surface area contributed by atoms with Crippen LogP contribution in [0.25, 0.3) is 0 Å². The Kier molecular flexibility index (Phi) is 5.15. The number of hydrogen-bond acceptors (Lipinski definition) is 3. The van der Waals surface area contributed by atoms with Crippen LogP contribution in [0.3, 0.4) is 0 Å². The number of likely N-dealkylation sites (tertiary alicyclic amines) is 1. The van der Waals surface area contributed by atoms with E-state index in [4.69, 9.17) is 4.74 Å². The van der Waals surface area contributed by atoms with Crippen molar-refractivity contribution in [2.75, 3.05) is 34.3 Å². The van der Waals surface area contributed by atoms with Crippen LogP contribution in [0.5, 0.6) is 0 Å². The highest BCUT2D eigenvalue weighted by atomic mass is 16.5. The highest BCUT2D eigenvalue weighted by Gasteiger charge is 2.35. The molecule has 20 heavy (non-hydrogen) atoms. The van der Waals surface area contributed by atoms with Crippen molar-refractivity contribution in [2.45, 2.75) is 25.0 Å². The summed E-state index contributed by atoms with van der Waals surface area (Å²) in [5, 5.41) is 0. The topological polar surface area (TPSA) is 32.8 Å². The average Bonchev–Trinajstić information content (AvgIpc) is 2.82. The number of amides is 1. The van der Waals surface area contributed by atoms with Crippen LogP contribution in [0, 0.1) is 0 Å². The molecule has 1 saturated heterocycles. The minimum Gasteiger partial charge on any atom is -0.380 e. The third-order valence-electron chi connectivity index (χ3n) is 4.03. The summed E-state index contributed by atoms with van der Waals surface area (Å²) in [5.74, 6) is 0.153. The molecule has 0 radical (unpaired) electrons. The van der Waals surface area contributed by atoms with Gasteiger partial charge in [-0.1, -0.05) is 30.3 Å². The maximum Gasteiger partial charge on any atom is 0.236 e. The number of likely N-dealkylation sites (N-methyl/N-ethyl adjacent to an activating group) is 1. The molecule has 0 N–H and O–H groups in total. The molecule has 0 saturated carbocycles. The summed E-state index contributed by atoms with van der Waals surface area (Å²) in [6.45, 7) is 1.40. The Balaban J connectivity index is 2.05. The van der Waals surface area contributed by atoms with Crippen molar-refractivity contribution >= 4 is 5.91 Å². The Morgan fingerprint density at radius 2 is 2.05 bits per heavy atom. The number of ether oxygens (including phenoxy) is 1. The molecule has 2 atom stereocenters. The Morgan fingerprint density at radius 3 is 2.65 bits per heavy atom. The molecule has 0 bridgehead atoms. The van der Waals surface area contributed by atoms with E-state index in [1.165, 1.54) is 5.56 Å². The van der Waals surface area contributed by atoms with Crippen molar-refractivity contribution in [3.05, 3.63) is 35.9 Å². The molecule has 1 heterocycles. The normalized spacial score (nSPS) is 22.9. The van der Waals surface area contributed by atoms with E-state index in [1.807, 2.05) is 6.07 Å². The fraction of sp³-hybridized carbons (Fsp3) is 0.562. The van der Waals surface area contributed by atoms with Crippen LogP contribution in [0.15, 0.2) is 30.3 Å². The molecular weight excluding hydrogens is 252 g/mol. The Bertz CT molecular complexity index is 433. The predicted octanol–water partition coefficient (Wildman–Crippen LogP) is 1.41. The van der Waals surface area contributed by atoms with Crippen molar-refractivity contribution < 1.29 is 9.53 Å². The minimum atomic E-state index is 0.153. The van der Waals surface area contributed by atoms with Crippen LogP contribution < -0.4 is 0 Å². The summed E-state index contributed by atoms with van der Waals surface area (Å²) >= 11 is 0. The second kappa shape index (κ2) is 6.86. The first-order chi connectivity index (χ1) is 9.61. The molecule has 0 unspecified atom stereocenters. The summed E-state index contributed by atoms with van der Waals surface area (Å²) in [6, 6.07) is 10.7. The zero-order valence-electron chi connectivity index (χ0n) is 12.6. The second-order valence-corrected chi connectivity index (χ2v) is 5.58. The quantitative estimate of drug-likeness (QED) is 0.815. The smallest absolute Gasteiger partial charge is 0.236 e. The van der Waals surface area contributed by atoms with Gasteiger partial charge in [0.1, 0.15) is 0 Å². The third kappa shape index (κ3) is 3.58. The van der Waals surface area contributed by atoms with Gasteiger partial charge >= 0.3 is 0 Å². The van der Waals surface area contributed by atoms with E-state index < -0.39 is 0 Å². The fourth-order valence-electron chi connectivity index (χ4n) is 2.79. The number of benzene rings is 1. The van der Waals surface area contributed by atoms with E-state index in [9.17, 15) is 4.79 Å². The molecule has 1 amide bonds. The van der Waals surface area contributed by atoms with Crippen LogP contribution in [-0.4, -0.2) is 62.1 Å². The van der Waals surface area contributed by atoms with Crippen molar-refractivity contribution in [3.63, 3.8) is 0 Å². The Labute approximate surface area is 121 Å². The molecule has 0 spiro atoms. The first kappa shape index (κ1) is 15.0. The summed E-state index contributed by atoms with van der Waals surface area (Å²) in [7, 11) is 5.37. The van der Waals surface area contributed by atoms with Crippen LogP contribution in [0.4, 0.5) is 0 Å². The number of hydrogen-bond donors (Lipinski definition) is 0. The standard InChI is InChI=1S/C16H24N2O2/c1-17(2)16(19)12-18-10-9-15(20-3)14(18)11-13-7-5-4-6-8-13/h4-8,14-15H,9-12H2,1-3H3/t14-,15-/m1/s1. The monoisotopic (exact) mass is 276 g/mol. The summed E-state index contributed by atoms with van der Waals surface area (Å²) in [5.41, 5.74) is 1.30. The van der Waals surface area contributed by atoms with Crippen molar-refractivity contribution in [3.8, 4) is 0 Å². The number of rotatable bonds is 5. The lowest BCUT2D eigenvalue weighted by molar-refractivity contribution is -0.130. The highest BCUT2D eigenvalue weighted by Crippen LogP contribution is 2.23. The lowest BCUT2D eigenvalue weighted by Gasteiger charge is -2.28. The van der Waals surface area contributed by atoms with Crippen LogP contribution in [-0.2, 0) is 16.0 Å². The Morgan fingerprint density at radius 1 is 1.35 bits per heavy atom. The van der Waals surface area contributed by atoms with Crippen LogP contribution >= 0.6 is 0 Å². The van der Waals surface area contributed by atoms with Crippen molar-refractivity contribution in [1.29, 1.82) is 0 Å². The SMILES string of the molecule is CO[C@@H]1CCN(CC(=O)N(C)C)[C@@H]1Cc1ccccc1. The number of methoxy groups -OCH3 is 1. The fourth-order valence-corrected chi connectivity index (χ4v) is 2.79. The Hall–Kier alpha value is -1.39. The zero-order valence-corrected chi connectivity index (χ0v) is 12.6. The van der Waals surface area contributed by atoms with Gasteiger partial charge < -0.3 is 9.64 Å². The second-order valence-electron chi connectivity index (χ2n) is 5.58. The number of nitrogens with zero attached hydrogens (tertiary/aromatic N) is 2. The van der Waals surface area contributed by atoms with Gasteiger partial charge in [-0.25, -0.2) is 0 Å². The van der Waals surface area contributed by atoms with Gasteiger partial charge in [0.25, 0.3) is 0 Å². The van der Waals surface area contributed by atoms with Gasteiger partial charge in [-0.05, 0) is 18.4 Å². The maximum atomic E-state index is 11.9. The van der Waals surface area contributed by atoms with E-state index in [1.54, 1.807) is 26.1 Å². The molecule has 1 aliphatic rings. The predicted molar refractivity (Wildman–Crippen MR) is 79.6 cm³/mol. The molecule has 2 rings (SSSR count). The van der Waals surface area contributed by atoms with Crippen LogP contribution in [0.2, 0.25) is 0 Å². The summed E-state index contributed by atoms with van der Waals surface area (Å²) in [6.07, 6.45) is 2.14. The van der Waals surface area contributed by atoms with Crippen LogP contribution in [0.1, 0.15) is 12.0 Å². The molecule has 0 aromatic heterocycles. The molecular formula is C16H24N2O2. The lowest BCUT2D eigenvalue weighted by atomic mass is 10.0. The first-order valence-corrected chi connectivity index (χ1v) is 7.12. The van der Waals surface area contributed by atoms with Crippen molar-refractivity contribution in [2.24, 2.45) is 0 Å². The van der Waals surface area contributed by atoms with Gasteiger partial charge in [0, 0.05) is 33.8 Å². The number of carbonyl (C=O) groups excluding carboxylic acids is 1. The molecule has 110 valence electrons. The van der Waals surface area contributed by atoms with E-state index in [-0.39, 0.29) is 18.1 Å². The van der Waals surface area contributed by atoms with Gasteiger partial charge in [-0.3, -0.25) is 9.69 Å². The van der Waals surface area contributed by atoms with E-state index >= 15 is 0 Å². The van der Waals surface area contributed by atoms with E-state index in [2.05, 4.69) is 29.2 Å². The summed E-state index contributed by atoms with van der Waals surface area (Å²) in [4.78, 5) is 15.8. The first-order valence-electron chi connectivity index (χ1n) is 7.12. The van der Waals surface area contributed by atoms with Gasteiger partial charge in [0.2, 0.25) is 5.91 Å². The minimum absolute atomic E-state index is 0.153. The van der Waals surface area contributed by atoms with E-state index in [0.29, 0.717) is 6.54 Å². The molecule has 1 fully saturated rings. The van der Waals surface area contributed by atoms with Gasteiger partial charge in [0.05, 0.1) is 12.6 Å². The lowest BCUT2D eigenvalue weighted by Crippen LogP contribution is -2.43. The van der Waals surface area contributed by atoms with Gasteiger partial charge in [-0.2, -0.15) is 0 Å². The zero-order chi connectivity index (χ0) is 14.5. The maximum absolute atomic E-state index is 11.9. The molecule has 4 heteroatoms.